The lowest BCUT2D eigenvalue weighted by molar-refractivity contribution is 0.275. The van der Waals surface area contributed by atoms with Gasteiger partial charge in [0.25, 0.3) is 0 Å². The van der Waals surface area contributed by atoms with Crippen molar-refractivity contribution in [2.45, 2.75) is 71.1 Å². The number of hydrogen-bond donors (Lipinski definition) is 0. The molecule has 1 saturated carbocycles. The van der Waals surface area contributed by atoms with E-state index in [1.165, 1.54) is 32.1 Å². The van der Waals surface area contributed by atoms with Gasteiger partial charge >= 0.3 is 0 Å². The van der Waals surface area contributed by atoms with Gasteiger partial charge in [-0.05, 0) is 31.6 Å². The molecule has 3 nitrogen and oxygen atoms in total. The van der Waals surface area contributed by atoms with E-state index >= 15 is 0 Å². The van der Waals surface area contributed by atoms with Crippen LogP contribution in [0.3, 0.4) is 0 Å². The normalized spacial score (nSPS) is 26.1. The van der Waals surface area contributed by atoms with E-state index in [0.717, 1.165) is 17.7 Å². The Morgan fingerprint density at radius 3 is 2.24 bits per heavy atom. The summed E-state index contributed by atoms with van der Waals surface area (Å²) in [6, 6.07) is 0. The lowest BCUT2D eigenvalue weighted by Crippen LogP contribution is -2.13. The van der Waals surface area contributed by atoms with Crippen LogP contribution in [0.4, 0.5) is 0 Å². The van der Waals surface area contributed by atoms with Crippen molar-refractivity contribution in [2.75, 3.05) is 0 Å². The highest BCUT2D eigenvalue weighted by molar-refractivity contribution is 5.00. The van der Waals surface area contributed by atoms with Gasteiger partial charge in [0.05, 0.1) is 0 Å². The van der Waals surface area contributed by atoms with Crippen LogP contribution in [0.1, 0.15) is 77.5 Å². The van der Waals surface area contributed by atoms with E-state index in [1.807, 2.05) is 0 Å². The fraction of sp³-hybridized carbons (Fsp3) is 0.857. The summed E-state index contributed by atoms with van der Waals surface area (Å²) in [5, 5.41) is 8.43. The maximum absolute atomic E-state index is 5.83. The summed E-state index contributed by atoms with van der Waals surface area (Å²) in [6.07, 6.45) is 6.36. The Morgan fingerprint density at radius 1 is 1.12 bits per heavy atom. The van der Waals surface area contributed by atoms with Gasteiger partial charge in [0.1, 0.15) is 0 Å². The fourth-order valence-corrected chi connectivity index (χ4v) is 2.52. The summed E-state index contributed by atoms with van der Waals surface area (Å²) in [7, 11) is 0. The molecule has 0 aliphatic heterocycles. The topological polar surface area (TPSA) is 38.9 Å². The summed E-state index contributed by atoms with van der Waals surface area (Å²) in [5.41, 5.74) is -0.0358. The number of nitrogens with zero attached hydrogens (tertiary/aromatic N) is 2. The van der Waals surface area contributed by atoms with Crippen molar-refractivity contribution in [3.8, 4) is 0 Å². The van der Waals surface area contributed by atoms with E-state index in [-0.39, 0.29) is 5.41 Å². The Bertz CT molecular complexity index is 357. The maximum atomic E-state index is 5.83. The highest BCUT2D eigenvalue weighted by atomic mass is 16.4. The summed E-state index contributed by atoms with van der Waals surface area (Å²) in [4.78, 5) is 0. The molecule has 1 fully saturated rings. The molecule has 0 unspecified atom stereocenters. The highest BCUT2D eigenvalue weighted by Gasteiger charge is 2.28. The van der Waals surface area contributed by atoms with E-state index in [9.17, 15) is 0 Å². The maximum Gasteiger partial charge on any atom is 0.221 e. The van der Waals surface area contributed by atoms with Crippen LogP contribution >= 0.6 is 0 Å². The Labute approximate surface area is 104 Å². The van der Waals surface area contributed by atoms with Crippen molar-refractivity contribution in [3.63, 3.8) is 0 Å². The van der Waals surface area contributed by atoms with E-state index in [4.69, 9.17) is 4.42 Å². The van der Waals surface area contributed by atoms with Crippen molar-refractivity contribution in [3.05, 3.63) is 11.8 Å². The predicted octanol–water partition coefficient (Wildman–Crippen LogP) is 4.05. The number of aromatic nitrogens is 2. The van der Waals surface area contributed by atoms with Crippen LogP contribution in [0.25, 0.3) is 0 Å². The first-order valence-corrected chi connectivity index (χ1v) is 6.84. The summed E-state index contributed by atoms with van der Waals surface area (Å²) >= 11 is 0. The zero-order valence-electron chi connectivity index (χ0n) is 11.5. The summed E-state index contributed by atoms with van der Waals surface area (Å²) in [6.45, 7) is 8.62. The first-order valence-electron chi connectivity index (χ1n) is 6.84. The average Bonchev–Trinajstić information content (AvgIpc) is 2.78. The second kappa shape index (κ2) is 4.79. The zero-order chi connectivity index (χ0) is 12.5. The van der Waals surface area contributed by atoms with Crippen LogP contribution < -0.4 is 0 Å². The standard InChI is InChI=1S/C14H24N2O/c1-5-10-6-8-11(9-7-10)12-15-16-13(17-12)14(2,3)4/h10-11H,5-9H2,1-4H3. The molecule has 3 heteroatoms. The molecule has 0 atom stereocenters. The molecule has 0 amide bonds. The molecule has 0 spiro atoms. The molecule has 0 saturated heterocycles. The molecule has 0 radical (unpaired) electrons. The zero-order valence-corrected chi connectivity index (χ0v) is 11.5. The molecule has 1 aliphatic rings. The van der Waals surface area contributed by atoms with Gasteiger partial charge in [-0.15, -0.1) is 10.2 Å². The lowest BCUT2D eigenvalue weighted by Gasteiger charge is -2.25. The van der Waals surface area contributed by atoms with Crippen LogP contribution in [-0.4, -0.2) is 10.2 Å². The second-order valence-electron chi connectivity index (χ2n) is 6.32. The third kappa shape index (κ3) is 2.88. The van der Waals surface area contributed by atoms with Crippen molar-refractivity contribution in [1.29, 1.82) is 0 Å². The molecule has 1 aromatic heterocycles. The van der Waals surface area contributed by atoms with Crippen molar-refractivity contribution >= 4 is 0 Å². The SMILES string of the molecule is CCC1CCC(c2nnc(C(C)(C)C)o2)CC1. The Morgan fingerprint density at radius 2 is 1.76 bits per heavy atom. The van der Waals surface area contributed by atoms with Crippen LogP contribution in [0, 0.1) is 5.92 Å². The fourth-order valence-electron chi connectivity index (χ4n) is 2.52. The van der Waals surface area contributed by atoms with E-state index in [0.29, 0.717) is 5.92 Å². The van der Waals surface area contributed by atoms with E-state index in [2.05, 4.69) is 37.9 Å². The number of hydrogen-bond acceptors (Lipinski definition) is 3. The molecular weight excluding hydrogens is 212 g/mol. The Hall–Kier alpha value is -0.860. The lowest BCUT2D eigenvalue weighted by atomic mass is 9.81. The monoisotopic (exact) mass is 236 g/mol. The Balaban J connectivity index is 2.02. The molecule has 0 bridgehead atoms. The Kier molecular flexibility index (Phi) is 3.55. The van der Waals surface area contributed by atoms with Crippen LogP contribution in [-0.2, 0) is 5.41 Å². The molecule has 1 heterocycles. The van der Waals surface area contributed by atoms with Gasteiger partial charge in [0, 0.05) is 11.3 Å². The van der Waals surface area contributed by atoms with Crippen molar-refractivity contribution in [1.82, 2.24) is 10.2 Å². The van der Waals surface area contributed by atoms with Gasteiger partial charge in [-0.25, -0.2) is 0 Å². The highest BCUT2D eigenvalue weighted by Crippen LogP contribution is 2.37. The largest absolute Gasteiger partial charge is 0.424 e. The van der Waals surface area contributed by atoms with E-state index in [1.54, 1.807) is 0 Å². The smallest absolute Gasteiger partial charge is 0.221 e. The third-order valence-corrected chi connectivity index (χ3v) is 3.86. The summed E-state index contributed by atoms with van der Waals surface area (Å²) in [5.74, 6) is 3.05. The van der Waals surface area contributed by atoms with Gasteiger partial charge < -0.3 is 4.42 Å². The first-order chi connectivity index (χ1) is 8.00. The molecule has 1 aliphatic carbocycles. The minimum absolute atomic E-state index is 0.0358. The average molecular weight is 236 g/mol. The number of rotatable bonds is 2. The quantitative estimate of drug-likeness (QED) is 0.777. The summed E-state index contributed by atoms with van der Waals surface area (Å²) < 4.78 is 5.83. The minimum atomic E-state index is -0.0358. The predicted molar refractivity (Wildman–Crippen MR) is 68.0 cm³/mol. The molecular formula is C14H24N2O. The molecule has 0 N–H and O–H groups in total. The van der Waals surface area contributed by atoms with Gasteiger partial charge in [-0.3, -0.25) is 0 Å². The van der Waals surface area contributed by atoms with Crippen molar-refractivity contribution < 1.29 is 4.42 Å². The first kappa shape index (κ1) is 12.6. The van der Waals surface area contributed by atoms with Gasteiger partial charge in [0.15, 0.2) is 0 Å². The molecule has 1 aromatic rings. The van der Waals surface area contributed by atoms with Crippen LogP contribution in [0.15, 0.2) is 4.42 Å². The van der Waals surface area contributed by atoms with Gasteiger partial charge in [0.2, 0.25) is 11.8 Å². The molecule has 96 valence electrons. The van der Waals surface area contributed by atoms with Crippen LogP contribution in [0.2, 0.25) is 0 Å². The minimum Gasteiger partial charge on any atom is -0.424 e. The third-order valence-electron chi connectivity index (χ3n) is 3.86. The van der Waals surface area contributed by atoms with E-state index < -0.39 is 0 Å². The van der Waals surface area contributed by atoms with Gasteiger partial charge in [-0.2, -0.15) is 0 Å². The van der Waals surface area contributed by atoms with Crippen molar-refractivity contribution in [2.24, 2.45) is 5.92 Å². The molecule has 0 aromatic carbocycles. The molecule has 17 heavy (non-hydrogen) atoms. The van der Waals surface area contributed by atoms with Gasteiger partial charge in [-0.1, -0.05) is 34.1 Å². The molecule has 2 rings (SSSR count). The van der Waals surface area contributed by atoms with Crippen LogP contribution in [0.5, 0.6) is 0 Å². The second-order valence-corrected chi connectivity index (χ2v) is 6.32.